The van der Waals surface area contributed by atoms with Crippen LogP contribution >= 0.6 is 11.3 Å². The summed E-state index contributed by atoms with van der Waals surface area (Å²) >= 11 is 1.56. The van der Waals surface area contributed by atoms with Gasteiger partial charge in [-0.05, 0) is 49.8 Å². The molecule has 36 heavy (non-hydrogen) atoms. The number of fused-ring (bicyclic) bond motifs is 3. The van der Waals surface area contributed by atoms with Crippen molar-refractivity contribution in [3.8, 4) is 6.07 Å². The average Bonchev–Trinajstić information content (AvgIpc) is 3.64. The van der Waals surface area contributed by atoms with E-state index in [2.05, 4.69) is 20.6 Å². The van der Waals surface area contributed by atoms with Gasteiger partial charge in [0.1, 0.15) is 11.3 Å². The van der Waals surface area contributed by atoms with E-state index in [-0.39, 0.29) is 10.9 Å². The minimum Gasteiger partial charge on any atom is -0.324 e. The zero-order valence-corrected chi connectivity index (χ0v) is 21.1. The second kappa shape index (κ2) is 9.15. The smallest absolute Gasteiger partial charge is 0.269 e. The van der Waals surface area contributed by atoms with Crippen LogP contribution < -0.4 is 0 Å². The number of nitriles is 1. The third-order valence-electron chi connectivity index (χ3n) is 7.09. The molecule has 4 aromatic heterocycles. The molecule has 1 fully saturated rings. The Morgan fingerprint density at radius 3 is 2.61 bits per heavy atom. The molecule has 6 rings (SSSR count). The first kappa shape index (κ1) is 22.9. The van der Waals surface area contributed by atoms with E-state index in [9.17, 15) is 8.42 Å². The van der Waals surface area contributed by atoms with Gasteiger partial charge in [-0.1, -0.05) is 18.2 Å². The van der Waals surface area contributed by atoms with Crippen molar-refractivity contribution in [1.82, 2.24) is 23.5 Å². The maximum Gasteiger partial charge on any atom is 0.269 e. The lowest BCUT2D eigenvalue weighted by molar-refractivity contribution is 0.278. The third kappa shape index (κ3) is 3.88. The summed E-state index contributed by atoms with van der Waals surface area (Å²) in [6.07, 6.45) is 8.34. The quantitative estimate of drug-likeness (QED) is 0.303. The van der Waals surface area contributed by atoms with Crippen molar-refractivity contribution in [2.24, 2.45) is 5.92 Å². The minimum atomic E-state index is -3.79. The number of thiazole rings is 1. The Hall–Kier alpha value is -3.55. The van der Waals surface area contributed by atoms with Gasteiger partial charge in [-0.2, -0.15) is 5.26 Å². The molecular formula is C26H24N6O2S2. The first-order valence-corrected chi connectivity index (χ1v) is 14.4. The monoisotopic (exact) mass is 516 g/mol. The molecule has 1 saturated carbocycles. The van der Waals surface area contributed by atoms with Crippen LogP contribution in [0.2, 0.25) is 0 Å². The number of hydrogen-bond donors (Lipinski definition) is 0. The van der Waals surface area contributed by atoms with Crippen molar-refractivity contribution in [3.05, 3.63) is 71.2 Å². The third-order valence-corrected chi connectivity index (χ3v) is 9.40. The Labute approximate surface area is 212 Å². The highest BCUT2D eigenvalue weighted by atomic mass is 32.2. The molecule has 182 valence electrons. The molecule has 5 aromatic rings. The van der Waals surface area contributed by atoms with Crippen LogP contribution in [0, 0.1) is 17.2 Å². The highest BCUT2D eigenvalue weighted by Crippen LogP contribution is 2.38. The van der Waals surface area contributed by atoms with E-state index in [0.717, 1.165) is 53.6 Å². The summed E-state index contributed by atoms with van der Waals surface area (Å²) in [7, 11) is -3.79. The molecule has 0 atom stereocenters. The van der Waals surface area contributed by atoms with Gasteiger partial charge in [0, 0.05) is 35.8 Å². The molecule has 0 aliphatic heterocycles. The molecule has 0 spiro atoms. The predicted octanol–water partition coefficient (Wildman–Crippen LogP) is 5.32. The summed E-state index contributed by atoms with van der Waals surface area (Å²) in [6, 6.07) is 12.8. The molecule has 0 amide bonds. The molecule has 8 nitrogen and oxygen atoms in total. The van der Waals surface area contributed by atoms with Crippen molar-refractivity contribution < 1.29 is 8.42 Å². The molecule has 1 aliphatic carbocycles. The van der Waals surface area contributed by atoms with Crippen molar-refractivity contribution in [3.63, 3.8) is 0 Å². The Morgan fingerprint density at radius 1 is 1.08 bits per heavy atom. The highest BCUT2D eigenvalue weighted by molar-refractivity contribution is 7.90. The van der Waals surface area contributed by atoms with Crippen LogP contribution in [0.4, 0.5) is 0 Å². The fraction of sp³-hybridized carbons (Fsp3) is 0.308. The molecule has 0 saturated heterocycles. The standard InChI is InChI=1S/C26H24N6O2S2/c27-12-10-18-6-8-20(9-7-18)32-24(14-19-16-35-17-29-19)30-23-15-28-26-22(25(23)32)11-13-31(26)36(33,34)21-4-2-1-3-5-21/h1-5,11,13,15-18,20H,6-10,14H2. The zero-order valence-electron chi connectivity index (χ0n) is 19.5. The van der Waals surface area contributed by atoms with E-state index >= 15 is 0 Å². The van der Waals surface area contributed by atoms with Crippen molar-refractivity contribution in [2.45, 2.75) is 49.5 Å². The van der Waals surface area contributed by atoms with Gasteiger partial charge in [0.05, 0.1) is 33.9 Å². The topological polar surface area (TPSA) is 106 Å². The van der Waals surface area contributed by atoms with Crippen LogP contribution in [0.1, 0.15) is 49.7 Å². The number of hydrogen-bond acceptors (Lipinski definition) is 7. The number of aromatic nitrogens is 5. The van der Waals surface area contributed by atoms with Gasteiger partial charge in [0.25, 0.3) is 10.0 Å². The van der Waals surface area contributed by atoms with Gasteiger partial charge in [-0.3, -0.25) is 0 Å². The SMILES string of the molecule is N#CCC1CCC(n2c(Cc3cscn3)nc3cnc4c(ccn4S(=O)(=O)c4ccccc4)c32)CC1. The first-order valence-electron chi connectivity index (χ1n) is 12.0. The Bertz CT molecular complexity index is 1670. The lowest BCUT2D eigenvalue weighted by Crippen LogP contribution is -2.20. The van der Waals surface area contributed by atoms with Crippen LogP contribution in [-0.2, 0) is 16.4 Å². The largest absolute Gasteiger partial charge is 0.324 e. The Morgan fingerprint density at radius 2 is 1.89 bits per heavy atom. The predicted molar refractivity (Wildman–Crippen MR) is 138 cm³/mol. The Balaban J connectivity index is 1.51. The van der Waals surface area contributed by atoms with Crippen LogP contribution in [0.25, 0.3) is 22.1 Å². The molecule has 0 N–H and O–H groups in total. The molecule has 4 heterocycles. The van der Waals surface area contributed by atoms with Crippen LogP contribution in [0.3, 0.4) is 0 Å². The number of rotatable bonds is 6. The van der Waals surface area contributed by atoms with Crippen molar-refractivity contribution >= 4 is 43.4 Å². The maximum atomic E-state index is 13.4. The maximum absolute atomic E-state index is 13.4. The molecule has 0 bridgehead atoms. The summed E-state index contributed by atoms with van der Waals surface area (Å²) in [5.74, 6) is 1.34. The fourth-order valence-corrected chi connectivity index (χ4v) is 7.22. The normalized spacial score (nSPS) is 18.5. The summed E-state index contributed by atoms with van der Waals surface area (Å²) in [5.41, 5.74) is 4.84. The molecule has 1 aliphatic rings. The van der Waals surface area contributed by atoms with E-state index in [0.29, 0.717) is 24.4 Å². The van der Waals surface area contributed by atoms with Gasteiger partial charge in [0.15, 0.2) is 5.65 Å². The van der Waals surface area contributed by atoms with Gasteiger partial charge in [-0.15, -0.1) is 11.3 Å². The van der Waals surface area contributed by atoms with Crippen molar-refractivity contribution in [2.75, 3.05) is 0 Å². The molecule has 0 unspecified atom stereocenters. The Kier molecular flexibility index (Phi) is 5.82. The summed E-state index contributed by atoms with van der Waals surface area (Å²) in [4.78, 5) is 14.2. The highest BCUT2D eigenvalue weighted by Gasteiger charge is 2.28. The number of pyridine rings is 1. The zero-order chi connectivity index (χ0) is 24.7. The first-order chi connectivity index (χ1) is 17.6. The molecule has 10 heteroatoms. The minimum absolute atomic E-state index is 0.220. The van der Waals surface area contributed by atoms with Crippen LogP contribution in [0.15, 0.2) is 64.6 Å². The van der Waals surface area contributed by atoms with Crippen LogP contribution in [-0.4, -0.2) is 31.9 Å². The van der Waals surface area contributed by atoms with E-state index in [1.807, 2.05) is 17.0 Å². The number of nitrogens with zero attached hydrogens (tertiary/aromatic N) is 6. The van der Waals surface area contributed by atoms with E-state index in [1.54, 1.807) is 54.1 Å². The van der Waals surface area contributed by atoms with Crippen LogP contribution in [0.5, 0.6) is 0 Å². The van der Waals surface area contributed by atoms with Gasteiger partial charge < -0.3 is 4.57 Å². The second-order valence-corrected chi connectivity index (χ2v) is 11.8. The molecule has 1 aromatic carbocycles. The van der Waals surface area contributed by atoms with Gasteiger partial charge in [-0.25, -0.2) is 27.3 Å². The summed E-state index contributed by atoms with van der Waals surface area (Å²) in [6.45, 7) is 0. The van der Waals surface area contributed by atoms with Gasteiger partial charge >= 0.3 is 0 Å². The van der Waals surface area contributed by atoms with Gasteiger partial charge in [0.2, 0.25) is 0 Å². The second-order valence-electron chi connectivity index (χ2n) is 9.25. The fourth-order valence-electron chi connectivity index (χ4n) is 5.34. The summed E-state index contributed by atoms with van der Waals surface area (Å²) in [5, 5.41) is 11.9. The van der Waals surface area contributed by atoms with E-state index < -0.39 is 10.0 Å². The van der Waals surface area contributed by atoms with E-state index in [1.165, 1.54) is 3.97 Å². The molecule has 0 radical (unpaired) electrons. The van der Waals surface area contributed by atoms with E-state index in [4.69, 9.17) is 10.2 Å². The lowest BCUT2D eigenvalue weighted by atomic mass is 9.84. The number of benzene rings is 1. The average molecular weight is 517 g/mol. The number of imidazole rings is 1. The van der Waals surface area contributed by atoms with Crippen molar-refractivity contribution in [1.29, 1.82) is 5.26 Å². The lowest BCUT2D eigenvalue weighted by Gasteiger charge is -2.30. The summed E-state index contributed by atoms with van der Waals surface area (Å²) < 4.78 is 30.4. The molecular weight excluding hydrogens is 492 g/mol.